The first-order valence-corrected chi connectivity index (χ1v) is 9.35. The number of aromatic carboxylic acids is 1. The zero-order valence-corrected chi connectivity index (χ0v) is 16.5. The van der Waals surface area contributed by atoms with Crippen LogP contribution in [0.5, 0.6) is 0 Å². The van der Waals surface area contributed by atoms with Crippen molar-refractivity contribution in [3.8, 4) is 11.4 Å². The van der Waals surface area contributed by atoms with Crippen molar-refractivity contribution in [2.75, 3.05) is 27.2 Å². The summed E-state index contributed by atoms with van der Waals surface area (Å²) in [4.78, 5) is 30.9. The van der Waals surface area contributed by atoms with Crippen LogP contribution in [0.25, 0.3) is 11.4 Å². The van der Waals surface area contributed by atoms with Crippen LogP contribution in [0, 0.1) is 0 Å². The molecule has 7 heteroatoms. The highest BCUT2D eigenvalue weighted by molar-refractivity contribution is 5.88. The second-order valence-corrected chi connectivity index (χ2v) is 7.48. The lowest BCUT2D eigenvalue weighted by molar-refractivity contribution is 0.0695. The predicted molar refractivity (Wildman–Crippen MR) is 105 cm³/mol. The lowest BCUT2D eigenvalue weighted by Gasteiger charge is -2.21. The van der Waals surface area contributed by atoms with Crippen LogP contribution in [-0.4, -0.2) is 63.7 Å². The number of aromatic amines is 1. The molecule has 0 bridgehead atoms. The Hall–Kier alpha value is -2.38. The maximum Gasteiger partial charge on any atom is 0.341 e. The van der Waals surface area contributed by atoms with E-state index in [1.165, 1.54) is 18.2 Å². The smallest absolute Gasteiger partial charge is 0.341 e. The molecule has 1 aliphatic heterocycles. The quantitative estimate of drug-likeness (QED) is 0.808. The molecule has 3 rings (SSSR count). The Labute approximate surface area is 159 Å². The van der Waals surface area contributed by atoms with E-state index in [0.29, 0.717) is 18.2 Å². The third kappa shape index (κ3) is 3.84. The molecule has 2 aromatic heterocycles. The molecule has 1 aliphatic rings. The van der Waals surface area contributed by atoms with Crippen molar-refractivity contribution in [3.63, 3.8) is 0 Å². The van der Waals surface area contributed by atoms with Gasteiger partial charge in [-0.15, -0.1) is 0 Å². The van der Waals surface area contributed by atoms with Gasteiger partial charge in [-0.25, -0.2) is 4.79 Å². The maximum atomic E-state index is 12.2. The molecule has 0 spiro atoms. The van der Waals surface area contributed by atoms with Gasteiger partial charge in [-0.05, 0) is 50.7 Å². The van der Waals surface area contributed by atoms with E-state index in [4.69, 9.17) is 0 Å². The fourth-order valence-corrected chi connectivity index (χ4v) is 3.81. The highest BCUT2D eigenvalue weighted by Gasteiger charge is 2.25. The summed E-state index contributed by atoms with van der Waals surface area (Å²) in [5.41, 5.74) is 2.83. The van der Waals surface area contributed by atoms with Gasteiger partial charge < -0.3 is 19.6 Å². The van der Waals surface area contributed by atoms with Gasteiger partial charge in [0, 0.05) is 38.4 Å². The number of pyridine rings is 1. The lowest BCUT2D eigenvalue weighted by atomic mass is 10.1. The van der Waals surface area contributed by atoms with Crippen molar-refractivity contribution in [3.05, 3.63) is 45.4 Å². The Morgan fingerprint density at radius 2 is 2.11 bits per heavy atom. The fraction of sp³-hybridized carbons (Fsp3) is 0.500. The van der Waals surface area contributed by atoms with E-state index >= 15 is 0 Å². The summed E-state index contributed by atoms with van der Waals surface area (Å²) in [7, 11) is 6.24. The molecule has 1 fully saturated rings. The van der Waals surface area contributed by atoms with Gasteiger partial charge in [-0.1, -0.05) is 6.92 Å². The number of H-pyrrole nitrogens is 1. The summed E-state index contributed by atoms with van der Waals surface area (Å²) in [6.07, 6.45) is 1.82. The number of carboxylic acids is 1. The van der Waals surface area contributed by atoms with Gasteiger partial charge >= 0.3 is 5.97 Å². The lowest BCUT2D eigenvalue weighted by Crippen LogP contribution is -2.31. The number of nitrogens with one attached hydrogen (secondary N) is 1. The standard InChI is InChI=1S/C20H28N4O3/c1-5-13-10-16(20(26)27)19(25)21-18(13)17-7-6-15(23(17)4)12-24-9-8-14(11-24)22(2)3/h6-7,10,14H,5,8-9,11-12H2,1-4H3,(H,21,25)(H,26,27). The SMILES string of the molecule is CCc1cc(C(=O)O)c(=O)[nH]c1-c1ccc(CN2CCC(N(C)C)C2)n1C. The van der Waals surface area contributed by atoms with Gasteiger partial charge in [0.05, 0.1) is 11.4 Å². The van der Waals surface area contributed by atoms with E-state index in [2.05, 4.69) is 39.5 Å². The van der Waals surface area contributed by atoms with Gasteiger partial charge in [0.15, 0.2) is 0 Å². The van der Waals surface area contributed by atoms with Gasteiger partial charge in [0.25, 0.3) is 5.56 Å². The monoisotopic (exact) mass is 372 g/mol. The minimum Gasteiger partial charge on any atom is -0.477 e. The van der Waals surface area contributed by atoms with Crippen LogP contribution < -0.4 is 5.56 Å². The van der Waals surface area contributed by atoms with Gasteiger partial charge in [-0.2, -0.15) is 0 Å². The van der Waals surface area contributed by atoms with Crippen LogP contribution in [-0.2, 0) is 20.0 Å². The van der Waals surface area contributed by atoms with Gasteiger partial charge in [-0.3, -0.25) is 9.69 Å². The molecule has 0 amide bonds. The Kier molecular flexibility index (Phi) is 5.53. The molecular formula is C20H28N4O3. The second-order valence-electron chi connectivity index (χ2n) is 7.48. The third-order valence-electron chi connectivity index (χ3n) is 5.58. The van der Waals surface area contributed by atoms with Crippen LogP contribution in [0.1, 0.15) is 35.0 Å². The van der Waals surface area contributed by atoms with Crippen LogP contribution in [0.4, 0.5) is 0 Å². The zero-order valence-electron chi connectivity index (χ0n) is 16.5. The molecule has 2 aromatic rings. The Bertz CT molecular complexity index is 897. The van der Waals surface area contributed by atoms with E-state index < -0.39 is 11.5 Å². The zero-order chi connectivity index (χ0) is 19.7. The summed E-state index contributed by atoms with van der Waals surface area (Å²) in [6, 6.07) is 6.17. The molecule has 1 unspecified atom stereocenters. The maximum absolute atomic E-state index is 12.2. The van der Waals surface area contributed by atoms with Gasteiger partial charge in [0.1, 0.15) is 5.56 Å². The molecule has 3 heterocycles. The molecule has 2 N–H and O–H groups in total. The van der Waals surface area contributed by atoms with Crippen molar-refractivity contribution in [1.82, 2.24) is 19.4 Å². The van der Waals surface area contributed by atoms with Crippen molar-refractivity contribution in [1.29, 1.82) is 0 Å². The minimum absolute atomic E-state index is 0.211. The van der Waals surface area contributed by atoms with Crippen molar-refractivity contribution >= 4 is 5.97 Å². The number of nitrogens with zero attached hydrogens (tertiary/aromatic N) is 3. The first-order chi connectivity index (χ1) is 12.8. The average Bonchev–Trinajstić information content (AvgIpc) is 3.22. The number of aryl methyl sites for hydroxylation is 1. The normalized spacial score (nSPS) is 17.7. The number of carboxylic acid groups (broad SMARTS) is 1. The average molecular weight is 372 g/mol. The van der Waals surface area contributed by atoms with Crippen LogP contribution in [0.3, 0.4) is 0 Å². The van der Waals surface area contributed by atoms with Crippen LogP contribution in [0.15, 0.2) is 23.0 Å². The van der Waals surface area contributed by atoms with Crippen LogP contribution >= 0.6 is 0 Å². The first kappa shape index (κ1) is 19.4. The highest BCUT2D eigenvalue weighted by atomic mass is 16.4. The molecular weight excluding hydrogens is 344 g/mol. The number of carbonyl (C=O) groups is 1. The molecule has 1 atom stereocenters. The third-order valence-corrected chi connectivity index (χ3v) is 5.58. The molecule has 27 heavy (non-hydrogen) atoms. The van der Waals surface area contributed by atoms with E-state index in [-0.39, 0.29) is 5.56 Å². The Morgan fingerprint density at radius 3 is 2.70 bits per heavy atom. The van der Waals surface area contributed by atoms with Crippen molar-refractivity contribution < 1.29 is 9.90 Å². The molecule has 0 radical (unpaired) electrons. The first-order valence-electron chi connectivity index (χ1n) is 9.35. The largest absolute Gasteiger partial charge is 0.477 e. The topological polar surface area (TPSA) is 81.6 Å². The molecule has 7 nitrogen and oxygen atoms in total. The van der Waals surface area contributed by atoms with Crippen molar-refractivity contribution in [2.45, 2.75) is 32.4 Å². The van der Waals surface area contributed by atoms with E-state index in [0.717, 1.165) is 30.9 Å². The highest BCUT2D eigenvalue weighted by Crippen LogP contribution is 2.25. The summed E-state index contributed by atoms with van der Waals surface area (Å²) >= 11 is 0. The molecule has 0 aromatic carbocycles. The van der Waals surface area contributed by atoms with Crippen molar-refractivity contribution in [2.24, 2.45) is 7.05 Å². The Morgan fingerprint density at radius 1 is 1.37 bits per heavy atom. The molecule has 1 saturated heterocycles. The van der Waals surface area contributed by atoms with E-state index in [1.807, 2.05) is 20.0 Å². The second kappa shape index (κ2) is 7.70. The summed E-state index contributed by atoms with van der Waals surface area (Å²) in [5.74, 6) is -1.20. The number of likely N-dealkylation sites (N-methyl/N-ethyl adjacent to an activating group) is 1. The number of aromatic nitrogens is 2. The predicted octanol–water partition coefficient (Wildman–Crippen LogP) is 1.78. The van der Waals surface area contributed by atoms with E-state index in [9.17, 15) is 14.7 Å². The summed E-state index contributed by atoms with van der Waals surface area (Å²) in [5, 5.41) is 9.19. The molecule has 0 aliphatic carbocycles. The molecule has 0 saturated carbocycles. The number of rotatable bonds is 6. The number of hydrogen-bond donors (Lipinski definition) is 2. The van der Waals surface area contributed by atoms with Gasteiger partial charge in [0.2, 0.25) is 0 Å². The number of likely N-dealkylation sites (tertiary alicyclic amines) is 1. The number of hydrogen-bond acceptors (Lipinski definition) is 4. The summed E-state index contributed by atoms with van der Waals surface area (Å²) in [6.45, 7) is 4.95. The van der Waals surface area contributed by atoms with E-state index in [1.54, 1.807) is 0 Å². The van der Waals surface area contributed by atoms with Crippen LogP contribution in [0.2, 0.25) is 0 Å². The molecule has 146 valence electrons. The summed E-state index contributed by atoms with van der Waals surface area (Å²) < 4.78 is 2.09. The fourth-order valence-electron chi connectivity index (χ4n) is 3.81. The minimum atomic E-state index is -1.20. The Balaban J connectivity index is 1.88.